The van der Waals surface area contributed by atoms with E-state index in [1.54, 1.807) is 0 Å². The van der Waals surface area contributed by atoms with Gasteiger partial charge in [0.15, 0.2) is 0 Å². The largest absolute Gasteiger partial charge is 0.468 e. The normalized spacial score (nSPS) is 22.2. The molecule has 0 aliphatic heterocycles. The standard InChI is InChI=1S/C11H12BrNO2.ClH/c1-15-10(14)11(13)5-7-2-3-9(12)4-8(7)6-11;/h2-4H,5-6,13H2,1H3;1H. The van der Waals surface area contributed by atoms with Crippen LogP contribution in [0.15, 0.2) is 22.7 Å². The Labute approximate surface area is 109 Å². The maximum absolute atomic E-state index is 11.5. The molecule has 0 saturated carbocycles. The minimum absolute atomic E-state index is 0. The molecule has 3 nitrogen and oxygen atoms in total. The number of esters is 1. The third-order valence-electron chi connectivity index (χ3n) is 2.77. The molecule has 0 fully saturated rings. The highest BCUT2D eigenvalue weighted by molar-refractivity contribution is 9.10. The van der Waals surface area contributed by atoms with Gasteiger partial charge in [-0.1, -0.05) is 22.0 Å². The number of rotatable bonds is 1. The van der Waals surface area contributed by atoms with Crippen LogP contribution in [0.3, 0.4) is 0 Å². The van der Waals surface area contributed by atoms with Crippen LogP contribution in [0.2, 0.25) is 0 Å². The molecule has 1 aromatic carbocycles. The molecule has 0 heterocycles. The number of carbonyl (C=O) groups excluding carboxylic acids is 1. The molecule has 1 atom stereocenters. The molecule has 1 unspecified atom stereocenters. The fourth-order valence-electron chi connectivity index (χ4n) is 2.02. The van der Waals surface area contributed by atoms with Crippen LogP contribution in [0.4, 0.5) is 0 Å². The molecule has 16 heavy (non-hydrogen) atoms. The number of benzene rings is 1. The van der Waals surface area contributed by atoms with Crippen LogP contribution < -0.4 is 5.73 Å². The van der Waals surface area contributed by atoms with Crippen molar-refractivity contribution in [1.29, 1.82) is 0 Å². The summed E-state index contributed by atoms with van der Waals surface area (Å²) in [5.41, 5.74) is 7.40. The van der Waals surface area contributed by atoms with E-state index < -0.39 is 5.54 Å². The lowest BCUT2D eigenvalue weighted by Gasteiger charge is -2.19. The van der Waals surface area contributed by atoms with Gasteiger partial charge in [0.2, 0.25) is 0 Å². The fourth-order valence-corrected chi connectivity index (χ4v) is 2.43. The Morgan fingerprint density at radius 3 is 2.69 bits per heavy atom. The van der Waals surface area contributed by atoms with E-state index in [4.69, 9.17) is 10.5 Å². The first-order valence-corrected chi connectivity index (χ1v) is 5.49. The zero-order valence-corrected chi connectivity index (χ0v) is 11.2. The van der Waals surface area contributed by atoms with E-state index in [1.807, 2.05) is 18.2 Å². The second kappa shape index (κ2) is 4.73. The van der Waals surface area contributed by atoms with Crippen LogP contribution in [-0.4, -0.2) is 18.6 Å². The average molecular weight is 307 g/mol. The third-order valence-corrected chi connectivity index (χ3v) is 3.27. The number of fused-ring (bicyclic) bond motifs is 1. The van der Waals surface area contributed by atoms with Gasteiger partial charge in [-0.2, -0.15) is 0 Å². The summed E-state index contributed by atoms with van der Waals surface area (Å²) < 4.78 is 5.73. The van der Waals surface area contributed by atoms with Crippen molar-refractivity contribution in [3.63, 3.8) is 0 Å². The number of halogens is 2. The van der Waals surface area contributed by atoms with Gasteiger partial charge in [0.05, 0.1) is 7.11 Å². The maximum atomic E-state index is 11.5. The zero-order valence-electron chi connectivity index (χ0n) is 8.83. The Balaban J connectivity index is 0.00000128. The van der Waals surface area contributed by atoms with Crippen molar-refractivity contribution in [3.8, 4) is 0 Å². The Morgan fingerprint density at radius 2 is 2.06 bits per heavy atom. The zero-order chi connectivity index (χ0) is 11.1. The summed E-state index contributed by atoms with van der Waals surface area (Å²) in [7, 11) is 1.37. The van der Waals surface area contributed by atoms with Gasteiger partial charge < -0.3 is 10.5 Å². The van der Waals surface area contributed by atoms with Gasteiger partial charge in [-0.3, -0.25) is 4.79 Å². The molecule has 1 aromatic rings. The van der Waals surface area contributed by atoms with E-state index in [-0.39, 0.29) is 18.4 Å². The highest BCUT2D eigenvalue weighted by Crippen LogP contribution is 2.31. The van der Waals surface area contributed by atoms with Crippen molar-refractivity contribution in [1.82, 2.24) is 0 Å². The minimum Gasteiger partial charge on any atom is -0.468 e. The number of ether oxygens (including phenoxy) is 1. The summed E-state index contributed by atoms with van der Waals surface area (Å²) in [6, 6.07) is 5.96. The molecular formula is C11H13BrClNO2. The first-order valence-electron chi connectivity index (χ1n) is 4.70. The van der Waals surface area contributed by atoms with Gasteiger partial charge in [0.1, 0.15) is 5.54 Å². The van der Waals surface area contributed by atoms with Crippen molar-refractivity contribution < 1.29 is 9.53 Å². The average Bonchev–Trinajstić information content (AvgIpc) is 2.53. The monoisotopic (exact) mass is 305 g/mol. The highest BCUT2D eigenvalue weighted by atomic mass is 79.9. The number of hydrogen-bond acceptors (Lipinski definition) is 3. The van der Waals surface area contributed by atoms with Crippen molar-refractivity contribution in [3.05, 3.63) is 33.8 Å². The van der Waals surface area contributed by atoms with Crippen molar-refractivity contribution >= 4 is 34.3 Å². The maximum Gasteiger partial charge on any atom is 0.326 e. The first kappa shape index (κ1) is 13.5. The molecule has 0 spiro atoms. The second-order valence-electron chi connectivity index (χ2n) is 3.91. The Kier molecular flexibility index (Phi) is 3.99. The minimum atomic E-state index is -0.877. The van der Waals surface area contributed by atoms with Gasteiger partial charge in [-0.05, 0) is 23.3 Å². The molecule has 88 valence electrons. The molecule has 0 amide bonds. The summed E-state index contributed by atoms with van der Waals surface area (Å²) in [4.78, 5) is 11.5. The molecular weight excluding hydrogens is 293 g/mol. The van der Waals surface area contributed by atoms with Gasteiger partial charge >= 0.3 is 5.97 Å². The summed E-state index contributed by atoms with van der Waals surface area (Å²) >= 11 is 3.40. The summed E-state index contributed by atoms with van der Waals surface area (Å²) in [6.07, 6.45) is 1.11. The lowest BCUT2D eigenvalue weighted by molar-refractivity contribution is -0.146. The van der Waals surface area contributed by atoms with Crippen LogP contribution in [0.1, 0.15) is 11.1 Å². The van der Waals surface area contributed by atoms with E-state index in [9.17, 15) is 4.79 Å². The second-order valence-corrected chi connectivity index (χ2v) is 4.83. The van der Waals surface area contributed by atoms with Crippen LogP contribution >= 0.6 is 28.3 Å². The number of carbonyl (C=O) groups is 1. The van der Waals surface area contributed by atoms with Crippen LogP contribution in [0.5, 0.6) is 0 Å². The van der Waals surface area contributed by atoms with E-state index in [0.717, 1.165) is 15.6 Å². The number of nitrogens with two attached hydrogens (primary N) is 1. The van der Waals surface area contributed by atoms with Crippen molar-refractivity contribution in [2.45, 2.75) is 18.4 Å². The van der Waals surface area contributed by atoms with Gasteiger partial charge in [-0.15, -0.1) is 12.4 Å². The Bertz CT molecular complexity index is 424. The predicted molar refractivity (Wildman–Crippen MR) is 67.7 cm³/mol. The topological polar surface area (TPSA) is 52.3 Å². The fraction of sp³-hybridized carbons (Fsp3) is 0.364. The smallest absolute Gasteiger partial charge is 0.326 e. The Hall–Kier alpha value is -0.580. The molecule has 2 N–H and O–H groups in total. The molecule has 0 radical (unpaired) electrons. The van der Waals surface area contributed by atoms with E-state index in [1.165, 1.54) is 7.11 Å². The van der Waals surface area contributed by atoms with Gasteiger partial charge in [0.25, 0.3) is 0 Å². The van der Waals surface area contributed by atoms with E-state index in [2.05, 4.69) is 15.9 Å². The summed E-state index contributed by atoms with van der Waals surface area (Å²) in [5, 5.41) is 0. The van der Waals surface area contributed by atoms with Crippen LogP contribution in [0.25, 0.3) is 0 Å². The Morgan fingerprint density at radius 1 is 1.44 bits per heavy atom. The van der Waals surface area contributed by atoms with Gasteiger partial charge in [0, 0.05) is 17.3 Å². The third kappa shape index (κ3) is 2.24. The summed E-state index contributed by atoms with van der Waals surface area (Å²) in [6.45, 7) is 0. The first-order chi connectivity index (χ1) is 7.05. The van der Waals surface area contributed by atoms with E-state index >= 15 is 0 Å². The molecule has 2 rings (SSSR count). The van der Waals surface area contributed by atoms with Crippen molar-refractivity contribution in [2.75, 3.05) is 7.11 Å². The van der Waals surface area contributed by atoms with Crippen LogP contribution in [0, 0.1) is 0 Å². The molecule has 1 aliphatic carbocycles. The number of methoxy groups -OCH3 is 1. The number of hydrogen-bond donors (Lipinski definition) is 1. The van der Waals surface area contributed by atoms with Crippen LogP contribution in [-0.2, 0) is 22.4 Å². The van der Waals surface area contributed by atoms with Crippen molar-refractivity contribution in [2.24, 2.45) is 5.73 Å². The molecule has 0 aromatic heterocycles. The summed E-state index contributed by atoms with van der Waals surface area (Å²) in [5.74, 6) is -0.338. The van der Waals surface area contributed by atoms with E-state index in [0.29, 0.717) is 12.8 Å². The SMILES string of the molecule is COC(=O)C1(N)Cc2ccc(Br)cc2C1.Cl. The quantitative estimate of drug-likeness (QED) is 0.806. The highest BCUT2D eigenvalue weighted by Gasteiger charge is 2.41. The lowest BCUT2D eigenvalue weighted by atomic mass is 9.98. The molecule has 1 aliphatic rings. The molecule has 5 heteroatoms. The lowest BCUT2D eigenvalue weighted by Crippen LogP contribution is -2.49. The molecule has 0 bridgehead atoms. The van der Waals surface area contributed by atoms with Gasteiger partial charge in [-0.25, -0.2) is 0 Å². The molecule has 0 saturated heterocycles. The predicted octanol–water partition coefficient (Wildman–Crippen LogP) is 1.84.